The molecule has 0 aliphatic carbocycles. The number of benzene rings is 1. The van der Waals surface area contributed by atoms with E-state index in [1.165, 1.54) is 11.8 Å². The van der Waals surface area contributed by atoms with Gasteiger partial charge in [-0.2, -0.15) is 0 Å². The number of nitrogens with one attached hydrogen (secondary N) is 1. The molecule has 0 radical (unpaired) electrons. The number of carboxylic acids is 1. The zero-order valence-corrected chi connectivity index (χ0v) is 16.1. The number of carbonyl (C=O) groups excluding carboxylic acids is 2. The van der Waals surface area contributed by atoms with Crippen LogP contribution in [0.3, 0.4) is 0 Å². The summed E-state index contributed by atoms with van der Waals surface area (Å²) in [7, 11) is 0. The van der Waals surface area contributed by atoms with Crippen molar-refractivity contribution in [1.29, 1.82) is 0 Å². The third kappa shape index (κ3) is 5.49. The standard InChI is InChI=1S/C19H26N2O4S/c1-19(2,18(24)25)9-10-20-17(23)14-7-3-4-8-15(14)26-13-16(22)21-11-5-6-12-21/h3-4,7-8H,5-6,9-13H2,1-2H3,(H,20,23)(H,24,25). The van der Waals surface area contributed by atoms with Crippen LogP contribution in [-0.2, 0) is 9.59 Å². The summed E-state index contributed by atoms with van der Waals surface area (Å²) in [4.78, 5) is 38.4. The Morgan fingerprint density at radius 3 is 2.50 bits per heavy atom. The second-order valence-corrected chi connectivity index (χ2v) is 8.08. The van der Waals surface area contributed by atoms with Gasteiger partial charge in [-0.1, -0.05) is 12.1 Å². The Kier molecular flexibility index (Phi) is 7.08. The van der Waals surface area contributed by atoms with E-state index in [4.69, 9.17) is 5.11 Å². The highest BCUT2D eigenvalue weighted by Crippen LogP contribution is 2.24. The summed E-state index contributed by atoms with van der Waals surface area (Å²) >= 11 is 1.37. The molecule has 1 aliphatic rings. The van der Waals surface area contributed by atoms with Crippen molar-refractivity contribution < 1.29 is 19.5 Å². The molecule has 2 amide bonds. The Balaban J connectivity index is 1.91. The first-order valence-electron chi connectivity index (χ1n) is 8.82. The quantitative estimate of drug-likeness (QED) is 0.679. The summed E-state index contributed by atoms with van der Waals surface area (Å²) in [6.07, 6.45) is 2.46. The van der Waals surface area contributed by atoms with Crippen LogP contribution >= 0.6 is 11.8 Å². The SMILES string of the molecule is CC(C)(CCNC(=O)c1ccccc1SCC(=O)N1CCCC1)C(=O)O. The van der Waals surface area contributed by atoms with E-state index in [1.54, 1.807) is 26.0 Å². The zero-order valence-electron chi connectivity index (χ0n) is 15.3. The number of carboxylic acid groups (broad SMARTS) is 1. The van der Waals surface area contributed by atoms with Crippen molar-refractivity contribution in [2.75, 3.05) is 25.4 Å². The maximum atomic E-state index is 12.5. The van der Waals surface area contributed by atoms with Crippen LogP contribution in [0.25, 0.3) is 0 Å². The maximum Gasteiger partial charge on any atom is 0.309 e. The minimum absolute atomic E-state index is 0.103. The number of rotatable bonds is 8. The lowest BCUT2D eigenvalue weighted by atomic mass is 9.90. The van der Waals surface area contributed by atoms with E-state index in [0.29, 0.717) is 17.7 Å². The Hall–Kier alpha value is -2.02. The van der Waals surface area contributed by atoms with Gasteiger partial charge in [0, 0.05) is 24.5 Å². The number of carbonyl (C=O) groups is 3. The summed E-state index contributed by atoms with van der Waals surface area (Å²) in [6.45, 7) is 5.19. The normalized spacial score (nSPS) is 14.3. The number of hydrogen-bond acceptors (Lipinski definition) is 4. The minimum Gasteiger partial charge on any atom is -0.481 e. The topological polar surface area (TPSA) is 86.7 Å². The molecule has 0 unspecified atom stereocenters. The monoisotopic (exact) mass is 378 g/mol. The fraction of sp³-hybridized carbons (Fsp3) is 0.526. The van der Waals surface area contributed by atoms with Crippen molar-refractivity contribution in [3.8, 4) is 0 Å². The second-order valence-electron chi connectivity index (χ2n) is 7.07. The lowest BCUT2D eigenvalue weighted by molar-refractivity contribution is -0.147. The van der Waals surface area contributed by atoms with Crippen molar-refractivity contribution >= 4 is 29.5 Å². The molecule has 142 valence electrons. The van der Waals surface area contributed by atoms with Crippen LogP contribution in [0.2, 0.25) is 0 Å². The Morgan fingerprint density at radius 1 is 1.19 bits per heavy atom. The molecule has 0 saturated carbocycles. The van der Waals surface area contributed by atoms with Crippen LogP contribution in [0, 0.1) is 5.41 Å². The highest BCUT2D eigenvalue weighted by molar-refractivity contribution is 8.00. The van der Waals surface area contributed by atoms with E-state index in [0.717, 1.165) is 30.8 Å². The molecular weight excluding hydrogens is 352 g/mol. The first kappa shape index (κ1) is 20.3. The van der Waals surface area contributed by atoms with Gasteiger partial charge in [0.1, 0.15) is 0 Å². The van der Waals surface area contributed by atoms with Crippen LogP contribution < -0.4 is 5.32 Å². The minimum atomic E-state index is -0.886. The molecule has 1 aromatic carbocycles. The smallest absolute Gasteiger partial charge is 0.309 e. The van der Waals surface area contributed by atoms with Gasteiger partial charge in [0.15, 0.2) is 0 Å². The first-order valence-corrected chi connectivity index (χ1v) is 9.81. The van der Waals surface area contributed by atoms with Crippen molar-refractivity contribution in [3.63, 3.8) is 0 Å². The van der Waals surface area contributed by atoms with Gasteiger partial charge >= 0.3 is 5.97 Å². The molecule has 6 nitrogen and oxygen atoms in total. The van der Waals surface area contributed by atoms with Crippen molar-refractivity contribution in [3.05, 3.63) is 29.8 Å². The highest BCUT2D eigenvalue weighted by atomic mass is 32.2. The van der Waals surface area contributed by atoms with E-state index >= 15 is 0 Å². The molecule has 0 aromatic heterocycles. The lowest BCUT2D eigenvalue weighted by Crippen LogP contribution is -2.32. The highest BCUT2D eigenvalue weighted by Gasteiger charge is 2.27. The third-order valence-electron chi connectivity index (χ3n) is 4.56. The van der Waals surface area contributed by atoms with Crippen LogP contribution in [0.5, 0.6) is 0 Å². The summed E-state index contributed by atoms with van der Waals surface area (Å²) in [5.41, 5.74) is -0.371. The van der Waals surface area contributed by atoms with Gasteiger partial charge in [0.2, 0.25) is 5.91 Å². The zero-order chi connectivity index (χ0) is 19.2. The van der Waals surface area contributed by atoms with Gasteiger partial charge < -0.3 is 15.3 Å². The summed E-state index contributed by atoms with van der Waals surface area (Å²) in [5.74, 6) is -0.715. The molecule has 7 heteroatoms. The summed E-state index contributed by atoms with van der Waals surface area (Å²) in [5, 5.41) is 11.9. The van der Waals surface area contributed by atoms with Crippen LogP contribution in [-0.4, -0.2) is 53.2 Å². The maximum absolute atomic E-state index is 12.5. The fourth-order valence-corrected chi connectivity index (χ4v) is 3.62. The predicted octanol–water partition coefficient (Wildman–Crippen LogP) is 2.63. The average Bonchev–Trinajstić information content (AvgIpc) is 3.14. The molecule has 1 saturated heterocycles. The molecule has 1 fully saturated rings. The second kappa shape index (κ2) is 9.07. The van der Waals surface area contributed by atoms with Gasteiger partial charge in [-0.15, -0.1) is 11.8 Å². The van der Waals surface area contributed by atoms with Gasteiger partial charge in [-0.25, -0.2) is 0 Å². The van der Waals surface area contributed by atoms with E-state index in [-0.39, 0.29) is 18.4 Å². The molecule has 2 N–H and O–H groups in total. The number of thioether (sulfide) groups is 1. The third-order valence-corrected chi connectivity index (χ3v) is 5.61. The van der Waals surface area contributed by atoms with E-state index < -0.39 is 11.4 Å². The molecule has 0 bridgehead atoms. The molecule has 1 aliphatic heterocycles. The van der Waals surface area contributed by atoms with Crippen LogP contribution in [0.1, 0.15) is 43.5 Å². The Morgan fingerprint density at radius 2 is 1.85 bits per heavy atom. The lowest BCUT2D eigenvalue weighted by Gasteiger charge is -2.19. The van der Waals surface area contributed by atoms with Crippen molar-refractivity contribution in [1.82, 2.24) is 10.2 Å². The number of likely N-dealkylation sites (tertiary alicyclic amines) is 1. The summed E-state index contributed by atoms with van der Waals surface area (Å²) < 4.78 is 0. The van der Waals surface area contributed by atoms with Crippen molar-refractivity contribution in [2.24, 2.45) is 5.41 Å². The van der Waals surface area contributed by atoms with Crippen LogP contribution in [0.15, 0.2) is 29.2 Å². The fourth-order valence-electron chi connectivity index (χ4n) is 2.67. The van der Waals surface area contributed by atoms with E-state index in [2.05, 4.69) is 5.32 Å². The predicted molar refractivity (Wildman–Crippen MR) is 101 cm³/mol. The molecule has 0 spiro atoms. The average molecular weight is 378 g/mol. The number of hydrogen-bond donors (Lipinski definition) is 2. The first-order chi connectivity index (χ1) is 12.3. The molecule has 2 rings (SSSR count). The summed E-state index contributed by atoms with van der Waals surface area (Å²) in [6, 6.07) is 7.17. The van der Waals surface area contributed by atoms with Gasteiger partial charge in [-0.05, 0) is 45.2 Å². The number of nitrogens with zero attached hydrogens (tertiary/aromatic N) is 1. The molecule has 1 heterocycles. The molecule has 1 aromatic rings. The Labute approximate surface area is 158 Å². The number of amides is 2. The number of aliphatic carboxylic acids is 1. The van der Waals surface area contributed by atoms with E-state index in [9.17, 15) is 14.4 Å². The van der Waals surface area contributed by atoms with Gasteiger partial charge in [0.05, 0.1) is 16.7 Å². The largest absolute Gasteiger partial charge is 0.481 e. The van der Waals surface area contributed by atoms with E-state index in [1.807, 2.05) is 17.0 Å². The van der Waals surface area contributed by atoms with Gasteiger partial charge in [0.25, 0.3) is 5.91 Å². The van der Waals surface area contributed by atoms with Crippen molar-refractivity contribution in [2.45, 2.75) is 38.0 Å². The molecule has 26 heavy (non-hydrogen) atoms. The van der Waals surface area contributed by atoms with Crippen LogP contribution in [0.4, 0.5) is 0 Å². The molecular formula is C19H26N2O4S. The molecule has 0 atom stereocenters. The Bertz CT molecular complexity index is 669. The van der Waals surface area contributed by atoms with Gasteiger partial charge in [-0.3, -0.25) is 14.4 Å².